The van der Waals surface area contributed by atoms with Crippen LogP contribution in [-0.2, 0) is 9.53 Å². The number of carbonyl (C=O) groups excluding carboxylic acids is 2. The third-order valence-corrected chi connectivity index (χ3v) is 2.33. The van der Waals surface area contributed by atoms with Crippen molar-refractivity contribution in [3.05, 3.63) is 29.0 Å². The van der Waals surface area contributed by atoms with Gasteiger partial charge in [0.15, 0.2) is 0 Å². The molecule has 0 fully saturated rings. The molecule has 0 saturated heterocycles. The molecule has 0 atom stereocenters. The topological polar surface area (TPSA) is 68.3 Å². The number of amides is 1. The first-order valence-electron chi connectivity index (χ1n) is 5.69. The van der Waals surface area contributed by atoms with Crippen LogP contribution in [0, 0.1) is 0 Å². The van der Waals surface area contributed by atoms with E-state index in [9.17, 15) is 9.59 Å². The second kappa shape index (κ2) is 7.66. The van der Waals surface area contributed by atoms with Crippen LogP contribution in [-0.4, -0.2) is 30.0 Å². The first kappa shape index (κ1) is 14.4. The maximum absolute atomic E-state index is 11.6. The maximum atomic E-state index is 11.6. The highest BCUT2D eigenvalue weighted by Crippen LogP contribution is 2.05. The molecule has 1 amide bonds. The number of halogens is 1. The Morgan fingerprint density at radius 2 is 2.22 bits per heavy atom. The lowest BCUT2D eigenvalue weighted by Gasteiger charge is -2.04. The van der Waals surface area contributed by atoms with Crippen LogP contribution in [0.4, 0.5) is 0 Å². The molecule has 0 unspecified atom stereocenters. The highest BCUT2D eigenvalue weighted by molar-refractivity contribution is 6.30. The second-order valence-electron chi connectivity index (χ2n) is 3.53. The second-order valence-corrected chi connectivity index (χ2v) is 3.96. The average Bonchev–Trinajstić information content (AvgIpc) is 2.35. The average molecular weight is 271 g/mol. The molecule has 98 valence electrons. The van der Waals surface area contributed by atoms with Crippen molar-refractivity contribution in [3.63, 3.8) is 0 Å². The normalized spacial score (nSPS) is 9.89. The summed E-state index contributed by atoms with van der Waals surface area (Å²) in [5, 5.41) is 3.14. The van der Waals surface area contributed by atoms with E-state index < -0.39 is 0 Å². The van der Waals surface area contributed by atoms with E-state index in [2.05, 4.69) is 10.3 Å². The number of ether oxygens (including phenoxy) is 1. The standard InChI is InChI=1S/C12H15ClN2O3/c1-2-18-11(16)4-3-7-14-12(17)10-6-5-9(13)8-15-10/h5-6,8H,2-4,7H2,1H3,(H,14,17). The summed E-state index contributed by atoms with van der Waals surface area (Å²) in [4.78, 5) is 26.5. The van der Waals surface area contributed by atoms with Gasteiger partial charge in [-0.05, 0) is 25.5 Å². The van der Waals surface area contributed by atoms with E-state index in [-0.39, 0.29) is 11.9 Å². The monoisotopic (exact) mass is 270 g/mol. The van der Waals surface area contributed by atoms with Gasteiger partial charge in [-0.3, -0.25) is 9.59 Å². The van der Waals surface area contributed by atoms with E-state index in [1.54, 1.807) is 19.1 Å². The molecule has 1 aromatic rings. The van der Waals surface area contributed by atoms with Gasteiger partial charge in [0, 0.05) is 19.2 Å². The van der Waals surface area contributed by atoms with Crippen molar-refractivity contribution < 1.29 is 14.3 Å². The maximum Gasteiger partial charge on any atom is 0.305 e. The zero-order valence-electron chi connectivity index (χ0n) is 10.1. The van der Waals surface area contributed by atoms with Crippen LogP contribution in [0.5, 0.6) is 0 Å². The van der Waals surface area contributed by atoms with Crippen molar-refractivity contribution in [3.8, 4) is 0 Å². The van der Waals surface area contributed by atoms with Crippen LogP contribution in [0.2, 0.25) is 5.02 Å². The summed E-state index contributed by atoms with van der Waals surface area (Å²) in [5.41, 5.74) is 0.301. The van der Waals surface area contributed by atoms with Gasteiger partial charge in [0.2, 0.25) is 0 Å². The van der Waals surface area contributed by atoms with Crippen LogP contribution in [0.25, 0.3) is 0 Å². The summed E-state index contributed by atoms with van der Waals surface area (Å²) in [6.45, 7) is 2.54. The summed E-state index contributed by atoms with van der Waals surface area (Å²) in [6, 6.07) is 3.14. The molecule has 0 radical (unpaired) electrons. The Morgan fingerprint density at radius 1 is 1.44 bits per heavy atom. The lowest BCUT2D eigenvalue weighted by Crippen LogP contribution is -2.25. The molecule has 1 heterocycles. The van der Waals surface area contributed by atoms with Crippen molar-refractivity contribution in [2.75, 3.05) is 13.2 Å². The largest absolute Gasteiger partial charge is 0.466 e. The van der Waals surface area contributed by atoms with Gasteiger partial charge in [-0.15, -0.1) is 0 Å². The van der Waals surface area contributed by atoms with Crippen molar-refractivity contribution in [1.82, 2.24) is 10.3 Å². The third kappa shape index (κ3) is 5.14. The quantitative estimate of drug-likeness (QED) is 0.632. The third-order valence-electron chi connectivity index (χ3n) is 2.11. The summed E-state index contributed by atoms with van der Waals surface area (Å²) in [6.07, 6.45) is 2.25. The van der Waals surface area contributed by atoms with E-state index >= 15 is 0 Å². The van der Waals surface area contributed by atoms with Crippen molar-refractivity contribution in [1.29, 1.82) is 0 Å². The van der Waals surface area contributed by atoms with Gasteiger partial charge in [-0.25, -0.2) is 4.98 Å². The Hall–Kier alpha value is -1.62. The molecular formula is C12H15ClN2O3. The predicted octanol–water partition coefficient (Wildman–Crippen LogP) is 1.81. The predicted molar refractivity (Wildman–Crippen MR) is 67.4 cm³/mol. The number of carbonyl (C=O) groups is 2. The Labute approximate surface area is 110 Å². The zero-order chi connectivity index (χ0) is 13.4. The number of nitrogens with one attached hydrogen (secondary N) is 1. The van der Waals surface area contributed by atoms with E-state index in [1.165, 1.54) is 6.20 Å². The first-order valence-corrected chi connectivity index (χ1v) is 6.06. The number of rotatable bonds is 6. The van der Waals surface area contributed by atoms with Gasteiger partial charge in [0.1, 0.15) is 5.69 Å². The minimum atomic E-state index is -0.282. The van der Waals surface area contributed by atoms with Crippen LogP contribution in [0.3, 0.4) is 0 Å². The number of aromatic nitrogens is 1. The van der Waals surface area contributed by atoms with Crippen molar-refractivity contribution in [2.45, 2.75) is 19.8 Å². The fourth-order valence-electron chi connectivity index (χ4n) is 1.27. The molecule has 0 aromatic carbocycles. The number of hydrogen-bond donors (Lipinski definition) is 1. The molecule has 6 heteroatoms. The summed E-state index contributed by atoms with van der Waals surface area (Å²) < 4.78 is 4.77. The molecule has 1 rings (SSSR count). The molecular weight excluding hydrogens is 256 g/mol. The smallest absolute Gasteiger partial charge is 0.305 e. The van der Waals surface area contributed by atoms with Crippen LogP contribution >= 0.6 is 11.6 Å². The molecule has 0 bridgehead atoms. The highest BCUT2D eigenvalue weighted by Gasteiger charge is 2.07. The van der Waals surface area contributed by atoms with Gasteiger partial charge in [-0.1, -0.05) is 11.6 Å². The number of esters is 1. The van der Waals surface area contributed by atoms with Gasteiger partial charge in [0.25, 0.3) is 5.91 Å². The Bertz CT molecular complexity index is 406. The van der Waals surface area contributed by atoms with E-state index in [0.29, 0.717) is 36.7 Å². The molecule has 5 nitrogen and oxygen atoms in total. The number of nitrogens with zero attached hydrogens (tertiary/aromatic N) is 1. The summed E-state index contributed by atoms with van der Waals surface area (Å²) in [7, 11) is 0. The SMILES string of the molecule is CCOC(=O)CCCNC(=O)c1ccc(Cl)cn1. The Balaban J connectivity index is 2.25. The van der Waals surface area contributed by atoms with Crippen molar-refractivity contribution in [2.24, 2.45) is 0 Å². The molecule has 0 aliphatic heterocycles. The fraction of sp³-hybridized carbons (Fsp3) is 0.417. The summed E-state index contributed by atoms with van der Waals surface area (Å²) in [5.74, 6) is -0.535. The fourth-order valence-corrected chi connectivity index (χ4v) is 1.38. The molecule has 0 aliphatic rings. The molecule has 0 saturated carbocycles. The first-order chi connectivity index (χ1) is 8.63. The van der Waals surface area contributed by atoms with Gasteiger partial charge >= 0.3 is 5.97 Å². The van der Waals surface area contributed by atoms with E-state index in [0.717, 1.165) is 0 Å². The molecule has 18 heavy (non-hydrogen) atoms. The molecule has 1 N–H and O–H groups in total. The van der Waals surface area contributed by atoms with E-state index in [1.807, 2.05) is 0 Å². The van der Waals surface area contributed by atoms with Crippen LogP contribution in [0.1, 0.15) is 30.3 Å². The van der Waals surface area contributed by atoms with E-state index in [4.69, 9.17) is 16.3 Å². The van der Waals surface area contributed by atoms with Crippen LogP contribution in [0.15, 0.2) is 18.3 Å². The highest BCUT2D eigenvalue weighted by atomic mass is 35.5. The number of pyridine rings is 1. The van der Waals surface area contributed by atoms with Gasteiger partial charge in [-0.2, -0.15) is 0 Å². The molecule has 0 spiro atoms. The molecule has 0 aliphatic carbocycles. The zero-order valence-corrected chi connectivity index (χ0v) is 10.9. The lowest BCUT2D eigenvalue weighted by atomic mass is 10.3. The Kier molecular flexibility index (Phi) is 6.14. The molecule has 1 aromatic heterocycles. The van der Waals surface area contributed by atoms with Crippen molar-refractivity contribution >= 4 is 23.5 Å². The Morgan fingerprint density at radius 3 is 2.83 bits per heavy atom. The number of hydrogen-bond acceptors (Lipinski definition) is 4. The minimum absolute atomic E-state index is 0.253. The van der Waals surface area contributed by atoms with Gasteiger partial charge < -0.3 is 10.1 Å². The van der Waals surface area contributed by atoms with Gasteiger partial charge in [0.05, 0.1) is 11.6 Å². The lowest BCUT2D eigenvalue weighted by molar-refractivity contribution is -0.143. The summed E-state index contributed by atoms with van der Waals surface area (Å²) >= 11 is 5.66. The van der Waals surface area contributed by atoms with Crippen LogP contribution < -0.4 is 5.32 Å². The minimum Gasteiger partial charge on any atom is -0.466 e.